The molecule has 1 aromatic heterocycles. The van der Waals surface area contributed by atoms with Gasteiger partial charge in [0.05, 0.1) is 48.0 Å². The van der Waals surface area contributed by atoms with Crippen molar-refractivity contribution in [3.63, 3.8) is 0 Å². The fourth-order valence-electron chi connectivity index (χ4n) is 3.32. The second-order valence-corrected chi connectivity index (χ2v) is 8.73. The topological polar surface area (TPSA) is 152 Å². The molecule has 13 heteroatoms. The molecule has 10 nitrogen and oxygen atoms in total. The summed E-state index contributed by atoms with van der Waals surface area (Å²) in [5.74, 6) is -0.634. The molecule has 210 valence electrons. The average molecular weight is 596 g/mol. The van der Waals surface area contributed by atoms with E-state index in [1.54, 1.807) is 42.5 Å². The predicted octanol–water partition coefficient (Wildman–Crippen LogP) is 5.81. The zero-order valence-corrected chi connectivity index (χ0v) is 23.2. The van der Waals surface area contributed by atoms with Gasteiger partial charge in [-0.25, -0.2) is 4.39 Å². The van der Waals surface area contributed by atoms with Crippen LogP contribution in [0.2, 0.25) is 5.02 Å². The van der Waals surface area contributed by atoms with Gasteiger partial charge in [0, 0.05) is 11.8 Å². The summed E-state index contributed by atoms with van der Waals surface area (Å²) in [6, 6.07) is 18.9. The average Bonchev–Trinajstić information content (AvgIpc) is 3.50. The van der Waals surface area contributed by atoms with Crippen LogP contribution in [0, 0.1) is 17.1 Å². The number of methoxy groups -OCH3 is 2. The van der Waals surface area contributed by atoms with Crippen molar-refractivity contribution in [2.45, 2.75) is 0 Å². The Morgan fingerprint density at radius 1 is 0.976 bits per heavy atom. The summed E-state index contributed by atoms with van der Waals surface area (Å²) in [6.07, 6.45) is 1.40. The lowest BCUT2D eigenvalue weighted by Gasteiger charge is -2.16. The fraction of sp³-hybridized carbons (Fsp3) is 0.0714. The van der Waals surface area contributed by atoms with Crippen molar-refractivity contribution in [3.8, 4) is 17.6 Å². The van der Waals surface area contributed by atoms with E-state index < -0.39 is 17.6 Å². The lowest BCUT2D eigenvalue weighted by Crippen LogP contribution is -2.20. The molecule has 0 aliphatic rings. The quantitative estimate of drug-likeness (QED) is 0.194. The van der Waals surface area contributed by atoms with Crippen LogP contribution in [0.25, 0.3) is 0 Å². The van der Waals surface area contributed by atoms with E-state index in [1.807, 2.05) is 0 Å². The first-order chi connectivity index (χ1) is 19.7. The molecular weight excluding hydrogens is 573 g/mol. The third-order valence-corrected chi connectivity index (χ3v) is 5.75. The Morgan fingerprint density at radius 2 is 1.68 bits per heavy atom. The Balaban J connectivity index is 0.000000389. The van der Waals surface area contributed by atoms with Crippen LogP contribution in [0.5, 0.6) is 11.5 Å². The van der Waals surface area contributed by atoms with E-state index in [1.165, 1.54) is 44.7 Å². The first-order valence-corrected chi connectivity index (χ1v) is 12.4. The van der Waals surface area contributed by atoms with Crippen molar-refractivity contribution in [2.24, 2.45) is 5.73 Å². The van der Waals surface area contributed by atoms with Gasteiger partial charge in [-0.15, -0.1) is 0 Å². The molecule has 0 radical (unpaired) electrons. The number of halogens is 2. The number of hydrogen-bond acceptors (Lipinski definition) is 7. The fourth-order valence-corrected chi connectivity index (χ4v) is 3.78. The zero-order chi connectivity index (χ0) is 29.9. The molecule has 2 amide bonds. The van der Waals surface area contributed by atoms with E-state index in [4.69, 9.17) is 43.4 Å². The number of nitriles is 1. The summed E-state index contributed by atoms with van der Waals surface area (Å²) in [4.78, 5) is 22.5. The molecule has 0 bridgehead atoms. The van der Waals surface area contributed by atoms with Crippen molar-refractivity contribution >= 4 is 57.8 Å². The molecular formula is C28H23ClFN5O5S. The molecule has 3 aromatic carbocycles. The van der Waals surface area contributed by atoms with Gasteiger partial charge in [-0.3, -0.25) is 9.59 Å². The highest BCUT2D eigenvalue weighted by atomic mass is 35.5. The number of nitrogens with one attached hydrogen (secondary N) is 3. The van der Waals surface area contributed by atoms with Gasteiger partial charge in [-0.1, -0.05) is 23.7 Å². The van der Waals surface area contributed by atoms with E-state index in [-0.39, 0.29) is 22.0 Å². The number of anilines is 3. The molecule has 0 atom stereocenters. The van der Waals surface area contributed by atoms with E-state index in [0.717, 1.165) is 0 Å². The summed E-state index contributed by atoms with van der Waals surface area (Å²) in [5.41, 5.74) is 6.46. The van der Waals surface area contributed by atoms with Gasteiger partial charge < -0.3 is 35.6 Å². The monoisotopic (exact) mass is 595 g/mol. The van der Waals surface area contributed by atoms with Gasteiger partial charge in [-0.05, 0) is 60.7 Å². The molecule has 1 heterocycles. The zero-order valence-electron chi connectivity index (χ0n) is 21.7. The molecule has 4 aromatic rings. The molecule has 0 spiro atoms. The largest absolute Gasteiger partial charge is 0.495 e. The SMILES string of the molecule is COc1cc(OC)c(NC(=S)Nc2ccc(NC(=O)c3ccco3)cc2C#N)cc1Cl.NC(=O)c1ccccc1F. The summed E-state index contributed by atoms with van der Waals surface area (Å²) in [5, 5.41) is 18.7. The maximum Gasteiger partial charge on any atom is 0.291 e. The first kappa shape index (κ1) is 30.4. The molecule has 0 aliphatic heterocycles. The van der Waals surface area contributed by atoms with E-state index in [2.05, 4.69) is 22.0 Å². The Labute approximate surface area is 244 Å². The Bertz CT molecular complexity index is 1610. The van der Waals surface area contributed by atoms with Crippen molar-refractivity contribution in [1.82, 2.24) is 0 Å². The molecule has 0 unspecified atom stereocenters. The van der Waals surface area contributed by atoms with Gasteiger partial charge in [0.2, 0.25) is 0 Å². The van der Waals surface area contributed by atoms with Gasteiger partial charge >= 0.3 is 0 Å². The lowest BCUT2D eigenvalue weighted by atomic mass is 10.1. The number of amides is 2. The third-order valence-electron chi connectivity index (χ3n) is 5.25. The molecule has 0 aliphatic carbocycles. The normalized spacial score (nSPS) is 9.83. The minimum Gasteiger partial charge on any atom is -0.495 e. The number of nitrogens with two attached hydrogens (primary N) is 1. The molecule has 0 fully saturated rings. The summed E-state index contributed by atoms with van der Waals surface area (Å²) >= 11 is 11.5. The Morgan fingerprint density at radius 3 is 2.27 bits per heavy atom. The molecule has 0 saturated carbocycles. The summed E-state index contributed by atoms with van der Waals surface area (Å²) in [6.45, 7) is 0. The molecule has 41 heavy (non-hydrogen) atoms. The van der Waals surface area contributed by atoms with Gasteiger partial charge in [0.1, 0.15) is 23.4 Å². The number of thiocarbonyl (C=S) groups is 1. The smallest absolute Gasteiger partial charge is 0.291 e. The predicted molar refractivity (Wildman–Crippen MR) is 157 cm³/mol. The van der Waals surface area contributed by atoms with E-state index in [9.17, 15) is 19.2 Å². The van der Waals surface area contributed by atoms with Gasteiger partial charge in [-0.2, -0.15) is 5.26 Å². The third kappa shape index (κ3) is 8.18. The number of primary amides is 1. The minimum absolute atomic E-state index is 0.0671. The number of rotatable bonds is 7. The molecule has 0 saturated heterocycles. The van der Waals surface area contributed by atoms with Crippen LogP contribution in [-0.4, -0.2) is 31.1 Å². The van der Waals surface area contributed by atoms with Crippen LogP contribution in [0.3, 0.4) is 0 Å². The van der Waals surface area contributed by atoms with Crippen molar-refractivity contribution in [2.75, 3.05) is 30.2 Å². The van der Waals surface area contributed by atoms with Crippen LogP contribution in [0.4, 0.5) is 21.5 Å². The number of hydrogen-bond donors (Lipinski definition) is 4. The standard InChI is InChI=1S/C21H17ClN4O4S.C7H6FNO/c1-28-18-10-19(29-2)16(9-14(18)22)26-21(31)25-15-6-5-13(8-12(15)11-23)24-20(27)17-4-3-7-30-17;8-6-4-2-1-3-5(6)7(9)10/h3-10H,1-2H3,(H,24,27)(H2,25,26,31);1-4H,(H2,9,10). The summed E-state index contributed by atoms with van der Waals surface area (Å²) < 4.78 is 28.1. The first-order valence-electron chi connectivity index (χ1n) is 11.6. The molecule has 5 N–H and O–H groups in total. The highest BCUT2D eigenvalue weighted by Gasteiger charge is 2.14. The van der Waals surface area contributed by atoms with Gasteiger partial charge in [0.25, 0.3) is 11.8 Å². The number of ether oxygens (including phenoxy) is 2. The highest BCUT2D eigenvalue weighted by molar-refractivity contribution is 7.80. The second kappa shape index (κ2) is 14.3. The van der Waals surface area contributed by atoms with Crippen molar-refractivity contribution < 1.29 is 27.9 Å². The van der Waals surface area contributed by atoms with Crippen LogP contribution in [0.1, 0.15) is 26.5 Å². The minimum atomic E-state index is -0.738. The molecule has 4 rings (SSSR count). The Kier molecular flexibility index (Phi) is 10.6. The van der Waals surface area contributed by atoms with Crippen LogP contribution in [0.15, 0.2) is 77.4 Å². The Hall–Kier alpha value is -5.12. The van der Waals surface area contributed by atoms with Crippen LogP contribution >= 0.6 is 23.8 Å². The highest BCUT2D eigenvalue weighted by Crippen LogP contribution is 2.36. The number of nitrogens with zero attached hydrogens (tertiary/aromatic N) is 1. The van der Waals surface area contributed by atoms with E-state index >= 15 is 0 Å². The number of carbonyl (C=O) groups is 2. The van der Waals surface area contributed by atoms with Crippen molar-refractivity contribution in [1.29, 1.82) is 5.26 Å². The van der Waals surface area contributed by atoms with Gasteiger partial charge in [0.15, 0.2) is 10.9 Å². The summed E-state index contributed by atoms with van der Waals surface area (Å²) in [7, 11) is 3.01. The maximum absolute atomic E-state index is 12.5. The maximum atomic E-state index is 12.5. The second-order valence-electron chi connectivity index (χ2n) is 7.91. The van der Waals surface area contributed by atoms with Crippen molar-refractivity contribution in [3.05, 3.63) is 101 Å². The lowest BCUT2D eigenvalue weighted by molar-refractivity contribution is 0.0988. The van der Waals surface area contributed by atoms with Crippen LogP contribution in [-0.2, 0) is 0 Å². The van der Waals surface area contributed by atoms with E-state index in [0.29, 0.717) is 33.6 Å². The number of benzene rings is 3. The van der Waals surface area contributed by atoms with Crippen LogP contribution < -0.4 is 31.2 Å². The number of carbonyl (C=O) groups excluding carboxylic acids is 2. The number of furan rings is 1.